The van der Waals surface area contributed by atoms with E-state index in [-0.39, 0.29) is 22.7 Å². The van der Waals surface area contributed by atoms with Crippen LogP contribution in [0.15, 0.2) is 12.1 Å². The highest BCUT2D eigenvalue weighted by Gasteiger charge is 2.28. The van der Waals surface area contributed by atoms with E-state index < -0.39 is 5.97 Å². The van der Waals surface area contributed by atoms with Gasteiger partial charge in [-0.15, -0.1) is 11.3 Å². The molecule has 2 heterocycles. The van der Waals surface area contributed by atoms with Crippen molar-refractivity contribution in [1.29, 1.82) is 0 Å². The van der Waals surface area contributed by atoms with Crippen LogP contribution in [0.3, 0.4) is 0 Å². The number of likely N-dealkylation sites (N-methyl/N-ethyl adjacent to an activating group) is 1. The van der Waals surface area contributed by atoms with E-state index in [0.717, 1.165) is 11.3 Å². The summed E-state index contributed by atoms with van der Waals surface area (Å²) in [6, 6.07) is 2.67. The molecule has 18 heavy (non-hydrogen) atoms. The van der Waals surface area contributed by atoms with Crippen LogP contribution >= 0.6 is 11.3 Å². The number of carboxylic acids is 1. The summed E-state index contributed by atoms with van der Waals surface area (Å²) in [7, 11) is 1.68. The summed E-state index contributed by atoms with van der Waals surface area (Å²) in [6.07, 6.45) is 0.291. The predicted molar refractivity (Wildman–Crippen MR) is 64.8 cm³/mol. The van der Waals surface area contributed by atoms with E-state index in [1.165, 1.54) is 12.1 Å². The minimum Gasteiger partial charge on any atom is -0.477 e. The van der Waals surface area contributed by atoms with Gasteiger partial charge in [0.1, 0.15) is 4.88 Å². The number of carboxylic acid groups (broad SMARTS) is 1. The minimum absolute atomic E-state index is 0.00213. The number of carbonyl (C=O) groups is 3. The maximum atomic E-state index is 11.8. The molecule has 6 nitrogen and oxygen atoms in total. The number of thiophene rings is 1. The first kappa shape index (κ1) is 12.6. The molecule has 2 amide bonds. The Hall–Kier alpha value is -1.89. The molecule has 0 spiro atoms. The zero-order chi connectivity index (χ0) is 13.3. The summed E-state index contributed by atoms with van der Waals surface area (Å²) >= 11 is 0.924. The van der Waals surface area contributed by atoms with E-state index in [1.807, 2.05) is 0 Å². The van der Waals surface area contributed by atoms with Gasteiger partial charge in [0.05, 0.1) is 10.9 Å². The second-order valence-electron chi connectivity index (χ2n) is 4.12. The second-order valence-corrected chi connectivity index (χ2v) is 5.20. The van der Waals surface area contributed by atoms with Crippen LogP contribution in [0.25, 0.3) is 0 Å². The Balaban J connectivity index is 1.99. The maximum Gasteiger partial charge on any atom is 0.345 e. The lowest BCUT2D eigenvalue weighted by Gasteiger charge is -2.11. The van der Waals surface area contributed by atoms with Gasteiger partial charge in [-0.25, -0.2) is 4.79 Å². The smallest absolute Gasteiger partial charge is 0.345 e. The molecule has 0 bridgehead atoms. The summed E-state index contributed by atoms with van der Waals surface area (Å²) in [6.45, 7) is 0.488. The SMILES string of the molecule is CN1CC(NC(=O)c2ccc(C(=O)O)s2)CC1=O. The van der Waals surface area contributed by atoms with Crippen LogP contribution in [0.2, 0.25) is 0 Å². The Morgan fingerprint density at radius 2 is 2.11 bits per heavy atom. The van der Waals surface area contributed by atoms with Crippen molar-refractivity contribution in [3.05, 3.63) is 21.9 Å². The summed E-state index contributed by atoms with van der Waals surface area (Å²) < 4.78 is 0. The predicted octanol–water partition coefficient (Wildman–Crippen LogP) is 0.407. The molecular formula is C11H12N2O4S. The fraction of sp³-hybridized carbons (Fsp3) is 0.364. The molecule has 0 radical (unpaired) electrons. The van der Waals surface area contributed by atoms with Crippen LogP contribution in [0, 0.1) is 0 Å². The number of nitrogens with one attached hydrogen (secondary N) is 1. The molecule has 1 aromatic heterocycles. The van der Waals surface area contributed by atoms with Gasteiger partial charge in [-0.05, 0) is 12.1 Å². The van der Waals surface area contributed by atoms with Crippen molar-refractivity contribution >= 4 is 29.1 Å². The topological polar surface area (TPSA) is 86.7 Å². The lowest BCUT2D eigenvalue weighted by Crippen LogP contribution is -2.36. The van der Waals surface area contributed by atoms with Gasteiger partial charge in [0.15, 0.2) is 0 Å². The number of amides is 2. The summed E-state index contributed by atoms with van der Waals surface area (Å²) in [5, 5.41) is 11.5. The average molecular weight is 268 g/mol. The van der Waals surface area contributed by atoms with Gasteiger partial charge in [0, 0.05) is 20.0 Å². The van der Waals surface area contributed by atoms with Crippen molar-refractivity contribution in [2.75, 3.05) is 13.6 Å². The third kappa shape index (κ3) is 2.51. The van der Waals surface area contributed by atoms with E-state index in [2.05, 4.69) is 5.32 Å². The molecule has 1 fully saturated rings. The third-order valence-electron chi connectivity index (χ3n) is 2.72. The monoisotopic (exact) mass is 268 g/mol. The number of aromatic carboxylic acids is 1. The van der Waals surface area contributed by atoms with Crippen LogP contribution in [0.1, 0.15) is 25.8 Å². The van der Waals surface area contributed by atoms with Crippen LogP contribution in [-0.2, 0) is 4.79 Å². The van der Waals surface area contributed by atoms with Crippen molar-refractivity contribution < 1.29 is 19.5 Å². The maximum absolute atomic E-state index is 11.8. The molecule has 0 aromatic carbocycles. The summed E-state index contributed by atoms with van der Waals surface area (Å²) in [5.41, 5.74) is 0. The molecule has 0 saturated carbocycles. The first-order valence-corrected chi connectivity index (χ1v) is 6.17. The van der Waals surface area contributed by atoms with Crippen molar-refractivity contribution in [3.63, 3.8) is 0 Å². The Labute approximate surface area is 107 Å². The van der Waals surface area contributed by atoms with Crippen molar-refractivity contribution in [2.24, 2.45) is 0 Å². The molecule has 1 aromatic rings. The molecule has 1 aliphatic rings. The number of hydrogen-bond acceptors (Lipinski definition) is 4. The van der Waals surface area contributed by atoms with E-state index in [0.29, 0.717) is 17.8 Å². The van der Waals surface area contributed by atoms with E-state index in [4.69, 9.17) is 5.11 Å². The standard InChI is InChI=1S/C11H12N2O4S/c1-13-5-6(4-9(13)14)12-10(15)7-2-3-8(18-7)11(16)17/h2-3,6H,4-5H2,1H3,(H,12,15)(H,16,17). The summed E-state index contributed by atoms with van der Waals surface area (Å²) in [4.78, 5) is 35.8. The Morgan fingerprint density at radius 3 is 2.61 bits per heavy atom. The average Bonchev–Trinajstić information content (AvgIpc) is 2.87. The Kier molecular flexibility index (Phi) is 3.33. The minimum atomic E-state index is -1.05. The zero-order valence-corrected chi connectivity index (χ0v) is 10.5. The van der Waals surface area contributed by atoms with E-state index >= 15 is 0 Å². The van der Waals surface area contributed by atoms with Gasteiger partial charge in [0.2, 0.25) is 5.91 Å². The number of likely N-dealkylation sites (tertiary alicyclic amines) is 1. The van der Waals surface area contributed by atoms with Crippen molar-refractivity contribution in [2.45, 2.75) is 12.5 Å². The lowest BCUT2D eigenvalue weighted by molar-refractivity contribution is -0.126. The van der Waals surface area contributed by atoms with Crippen LogP contribution < -0.4 is 5.32 Å². The highest BCUT2D eigenvalue weighted by atomic mass is 32.1. The van der Waals surface area contributed by atoms with Crippen LogP contribution in [-0.4, -0.2) is 47.4 Å². The molecule has 0 aliphatic carbocycles. The second kappa shape index (κ2) is 4.77. The van der Waals surface area contributed by atoms with E-state index in [9.17, 15) is 14.4 Å². The molecule has 1 aliphatic heterocycles. The molecule has 7 heteroatoms. The molecule has 1 unspecified atom stereocenters. The normalized spacial score (nSPS) is 19.1. The van der Waals surface area contributed by atoms with Crippen molar-refractivity contribution in [3.8, 4) is 0 Å². The fourth-order valence-electron chi connectivity index (χ4n) is 1.79. The first-order chi connectivity index (χ1) is 8.47. The highest BCUT2D eigenvalue weighted by Crippen LogP contribution is 2.17. The number of nitrogens with zero attached hydrogens (tertiary/aromatic N) is 1. The molecule has 2 rings (SSSR count). The third-order valence-corrected chi connectivity index (χ3v) is 3.79. The highest BCUT2D eigenvalue weighted by molar-refractivity contribution is 7.15. The van der Waals surface area contributed by atoms with Crippen molar-refractivity contribution in [1.82, 2.24) is 10.2 Å². The van der Waals surface area contributed by atoms with Gasteiger partial charge in [0.25, 0.3) is 5.91 Å². The van der Waals surface area contributed by atoms with E-state index in [1.54, 1.807) is 11.9 Å². The molecule has 96 valence electrons. The van der Waals surface area contributed by atoms with Gasteiger partial charge < -0.3 is 15.3 Å². The quantitative estimate of drug-likeness (QED) is 0.831. The number of rotatable bonds is 3. The van der Waals surface area contributed by atoms with Crippen LogP contribution in [0.5, 0.6) is 0 Å². The molecular weight excluding hydrogens is 256 g/mol. The van der Waals surface area contributed by atoms with Gasteiger partial charge in [-0.3, -0.25) is 9.59 Å². The van der Waals surface area contributed by atoms with Gasteiger partial charge >= 0.3 is 5.97 Å². The Morgan fingerprint density at radius 1 is 1.44 bits per heavy atom. The molecule has 1 saturated heterocycles. The first-order valence-electron chi connectivity index (χ1n) is 5.35. The zero-order valence-electron chi connectivity index (χ0n) is 9.67. The fourth-order valence-corrected chi connectivity index (χ4v) is 2.54. The lowest BCUT2D eigenvalue weighted by atomic mass is 10.2. The van der Waals surface area contributed by atoms with Gasteiger partial charge in [-0.2, -0.15) is 0 Å². The molecule has 2 N–H and O–H groups in total. The number of hydrogen-bond donors (Lipinski definition) is 2. The largest absolute Gasteiger partial charge is 0.477 e. The van der Waals surface area contributed by atoms with Crippen LogP contribution in [0.4, 0.5) is 0 Å². The van der Waals surface area contributed by atoms with Gasteiger partial charge in [-0.1, -0.05) is 0 Å². The summed E-state index contributed by atoms with van der Waals surface area (Å²) in [5.74, 6) is -1.38. The Bertz CT molecular complexity index is 511. The molecule has 1 atom stereocenters. The number of carbonyl (C=O) groups excluding carboxylic acids is 2.